The number of likely N-dealkylation sites (tertiary alicyclic amines) is 1. The minimum absolute atomic E-state index is 0.0456. The first kappa shape index (κ1) is 15.0. The Labute approximate surface area is 127 Å². The summed E-state index contributed by atoms with van der Waals surface area (Å²) in [6, 6.07) is -0.0462. The first-order valence-electron chi connectivity index (χ1n) is 8.74. The van der Waals surface area contributed by atoms with E-state index in [0.29, 0.717) is 18.9 Å². The van der Waals surface area contributed by atoms with Crippen LogP contribution >= 0.6 is 0 Å². The predicted molar refractivity (Wildman–Crippen MR) is 81.4 cm³/mol. The summed E-state index contributed by atoms with van der Waals surface area (Å²) in [6.07, 6.45) is 11.5. The zero-order chi connectivity index (χ0) is 14.9. The van der Waals surface area contributed by atoms with Gasteiger partial charge in [-0.15, -0.1) is 0 Å². The quantitative estimate of drug-likeness (QED) is 0.813. The average Bonchev–Trinajstić information content (AvgIpc) is 2.99. The molecule has 0 aromatic carbocycles. The van der Waals surface area contributed by atoms with Crippen LogP contribution in [0.25, 0.3) is 0 Å². The molecule has 0 bridgehead atoms. The standard InChI is InChI=1S/C17H28N2O2/c18-12-14(13-7-3-4-8-13)19-15(20)11-17(16(19)21)9-5-1-2-6-10-17/h13-14H,1-12,18H2. The van der Waals surface area contributed by atoms with Crippen LogP contribution in [0.15, 0.2) is 0 Å². The van der Waals surface area contributed by atoms with E-state index in [9.17, 15) is 9.59 Å². The predicted octanol–water partition coefficient (Wildman–Crippen LogP) is 2.60. The highest BCUT2D eigenvalue weighted by Gasteiger charge is 2.53. The molecule has 1 heterocycles. The lowest BCUT2D eigenvalue weighted by atomic mass is 9.79. The van der Waals surface area contributed by atoms with Crippen molar-refractivity contribution in [2.75, 3.05) is 6.54 Å². The van der Waals surface area contributed by atoms with Crippen LogP contribution in [0.2, 0.25) is 0 Å². The number of amides is 2. The Morgan fingerprint density at radius 2 is 1.67 bits per heavy atom. The van der Waals surface area contributed by atoms with Crippen molar-refractivity contribution in [1.29, 1.82) is 0 Å². The Hall–Kier alpha value is -0.900. The molecular weight excluding hydrogens is 264 g/mol. The largest absolute Gasteiger partial charge is 0.328 e. The number of nitrogens with two attached hydrogens (primary N) is 1. The second-order valence-electron chi connectivity index (χ2n) is 7.29. The molecule has 2 N–H and O–H groups in total. The van der Waals surface area contributed by atoms with E-state index in [4.69, 9.17) is 5.73 Å². The highest BCUT2D eigenvalue weighted by atomic mass is 16.2. The molecule has 1 aliphatic heterocycles. The van der Waals surface area contributed by atoms with Crippen molar-refractivity contribution in [1.82, 2.24) is 4.90 Å². The lowest BCUT2D eigenvalue weighted by molar-refractivity contribution is -0.145. The fourth-order valence-corrected chi connectivity index (χ4v) is 4.80. The monoisotopic (exact) mass is 292 g/mol. The number of carbonyl (C=O) groups excluding carboxylic acids is 2. The summed E-state index contributed by atoms with van der Waals surface area (Å²) in [6.45, 7) is 0.429. The first-order valence-corrected chi connectivity index (χ1v) is 8.74. The number of hydrogen-bond acceptors (Lipinski definition) is 3. The van der Waals surface area contributed by atoms with Gasteiger partial charge in [0.25, 0.3) is 0 Å². The van der Waals surface area contributed by atoms with Crippen LogP contribution in [0.4, 0.5) is 0 Å². The van der Waals surface area contributed by atoms with Crippen molar-refractivity contribution in [3.63, 3.8) is 0 Å². The summed E-state index contributed by atoms with van der Waals surface area (Å²) in [4.78, 5) is 27.2. The number of nitrogens with zero attached hydrogens (tertiary/aromatic N) is 1. The van der Waals surface area contributed by atoms with Crippen molar-refractivity contribution >= 4 is 11.8 Å². The maximum Gasteiger partial charge on any atom is 0.236 e. The lowest BCUT2D eigenvalue weighted by Gasteiger charge is -2.32. The van der Waals surface area contributed by atoms with Crippen LogP contribution in [0.5, 0.6) is 0 Å². The van der Waals surface area contributed by atoms with Gasteiger partial charge in [-0.3, -0.25) is 14.5 Å². The van der Waals surface area contributed by atoms with Gasteiger partial charge in [-0.2, -0.15) is 0 Å². The van der Waals surface area contributed by atoms with Crippen LogP contribution in [0.1, 0.15) is 70.6 Å². The van der Waals surface area contributed by atoms with Crippen molar-refractivity contribution in [3.05, 3.63) is 0 Å². The number of carbonyl (C=O) groups is 2. The highest BCUT2D eigenvalue weighted by Crippen LogP contribution is 2.46. The van der Waals surface area contributed by atoms with E-state index in [-0.39, 0.29) is 23.3 Å². The molecule has 2 saturated carbocycles. The van der Waals surface area contributed by atoms with Crippen molar-refractivity contribution in [3.8, 4) is 0 Å². The second-order valence-corrected chi connectivity index (χ2v) is 7.29. The van der Waals surface area contributed by atoms with Crippen molar-refractivity contribution < 1.29 is 9.59 Å². The van der Waals surface area contributed by atoms with Crippen LogP contribution in [0.3, 0.4) is 0 Å². The molecule has 2 aliphatic carbocycles. The Kier molecular flexibility index (Phi) is 4.34. The van der Waals surface area contributed by atoms with Gasteiger partial charge in [0.05, 0.1) is 11.5 Å². The van der Waals surface area contributed by atoms with Gasteiger partial charge in [0, 0.05) is 13.0 Å². The Morgan fingerprint density at radius 3 is 2.24 bits per heavy atom. The van der Waals surface area contributed by atoms with Gasteiger partial charge < -0.3 is 5.73 Å². The summed E-state index contributed by atoms with van der Waals surface area (Å²) in [7, 11) is 0. The summed E-state index contributed by atoms with van der Waals surface area (Å²) in [5, 5.41) is 0. The van der Waals surface area contributed by atoms with Crippen LogP contribution in [-0.4, -0.2) is 29.3 Å². The molecule has 4 nitrogen and oxygen atoms in total. The number of rotatable bonds is 3. The molecular formula is C17H28N2O2. The van der Waals surface area contributed by atoms with Gasteiger partial charge >= 0.3 is 0 Å². The molecule has 118 valence electrons. The Bertz CT molecular complexity index is 407. The molecule has 1 unspecified atom stereocenters. The average molecular weight is 292 g/mol. The molecule has 2 amide bonds. The van der Waals surface area contributed by atoms with Crippen molar-refractivity contribution in [2.45, 2.75) is 76.7 Å². The minimum Gasteiger partial charge on any atom is -0.328 e. The third-order valence-corrected chi connectivity index (χ3v) is 6.01. The molecule has 4 heteroatoms. The third-order valence-electron chi connectivity index (χ3n) is 6.01. The van der Waals surface area contributed by atoms with E-state index in [0.717, 1.165) is 38.5 Å². The summed E-state index contributed by atoms with van der Waals surface area (Å²) in [5.41, 5.74) is 5.58. The van der Waals surface area contributed by atoms with E-state index in [1.807, 2.05) is 0 Å². The summed E-state index contributed by atoms with van der Waals surface area (Å²) in [5.74, 6) is 0.588. The lowest BCUT2D eigenvalue weighted by Crippen LogP contribution is -2.49. The van der Waals surface area contributed by atoms with Gasteiger partial charge in [-0.1, -0.05) is 38.5 Å². The Morgan fingerprint density at radius 1 is 1.05 bits per heavy atom. The van der Waals surface area contributed by atoms with E-state index >= 15 is 0 Å². The fourth-order valence-electron chi connectivity index (χ4n) is 4.80. The molecule has 3 fully saturated rings. The molecule has 1 saturated heterocycles. The molecule has 0 aromatic heterocycles. The Balaban J connectivity index is 1.81. The SMILES string of the molecule is NCC(C1CCCC1)N1C(=O)CC2(CCCCCC2)C1=O. The molecule has 21 heavy (non-hydrogen) atoms. The number of hydrogen-bond donors (Lipinski definition) is 1. The molecule has 0 radical (unpaired) electrons. The van der Waals surface area contributed by atoms with Crippen LogP contribution < -0.4 is 5.73 Å². The highest BCUT2D eigenvalue weighted by molar-refractivity contribution is 6.06. The molecule has 1 atom stereocenters. The van der Waals surface area contributed by atoms with E-state index in [2.05, 4.69) is 0 Å². The van der Waals surface area contributed by atoms with Crippen LogP contribution in [0, 0.1) is 11.3 Å². The van der Waals surface area contributed by atoms with Gasteiger partial charge in [-0.25, -0.2) is 0 Å². The minimum atomic E-state index is -0.375. The molecule has 3 rings (SSSR count). The van der Waals surface area contributed by atoms with E-state index in [1.54, 1.807) is 4.90 Å². The zero-order valence-electron chi connectivity index (χ0n) is 13.0. The maximum absolute atomic E-state index is 13.1. The molecule has 3 aliphatic rings. The maximum atomic E-state index is 13.1. The number of imide groups is 1. The molecule has 1 spiro atoms. The van der Waals surface area contributed by atoms with Gasteiger partial charge in [0.15, 0.2) is 0 Å². The smallest absolute Gasteiger partial charge is 0.236 e. The third kappa shape index (κ3) is 2.63. The van der Waals surface area contributed by atoms with E-state index in [1.165, 1.54) is 25.7 Å². The van der Waals surface area contributed by atoms with E-state index < -0.39 is 0 Å². The topological polar surface area (TPSA) is 63.4 Å². The summed E-state index contributed by atoms with van der Waals surface area (Å²) >= 11 is 0. The fraction of sp³-hybridized carbons (Fsp3) is 0.882. The van der Waals surface area contributed by atoms with Gasteiger partial charge in [0.2, 0.25) is 11.8 Å². The van der Waals surface area contributed by atoms with Crippen molar-refractivity contribution in [2.24, 2.45) is 17.1 Å². The van der Waals surface area contributed by atoms with Gasteiger partial charge in [0.1, 0.15) is 0 Å². The normalized spacial score (nSPS) is 28.3. The van der Waals surface area contributed by atoms with Gasteiger partial charge in [-0.05, 0) is 31.6 Å². The zero-order valence-corrected chi connectivity index (χ0v) is 13.0. The summed E-state index contributed by atoms with van der Waals surface area (Å²) < 4.78 is 0. The second kappa shape index (κ2) is 6.07. The molecule has 0 aromatic rings. The first-order chi connectivity index (χ1) is 10.2. The van der Waals surface area contributed by atoms with Crippen LogP contribution in [-0.2, 0) is 9.59 Å².